The van der Waals surface area contributed by atoms with Crippen molar-refractivity contribution in [2.24, 2.45) is 5.73 Å². The number of hydrogen-bond donors (Lipinski definition) is 1. The van der Waals surface area contributed by atoms with Crippen LogP contribution in [-0.2, 0) is 16.3 Å². The fraction of sp³-hybridized carbons (Fsp3) is 0.409. The first-order valence-corrected chi connectivity index (χ1v) is 12.2. The van der Waals surface area contributed by atoms with Crippen molar-refractivity contribution in [1.29, 1.82) is 0 Å². The summed E-state index contributed by atoms with van der Waals surface area (Å²) < 4.78 is 30.7. The molecule has 0 unspecified atom stereocenters. The van der Waals surface area contributed by atoms with E-state index in [-0.39, 0.29) is 23.1 Å². The van der Waals surface area contributed by atoms with Gasteiger partial charge in [0, 0.05) is 18.8 Å². The van der Waals surface area contributed by atoms with Crippen LogP contribution >= 0.6 is 11.6 Å². The first-order valence-electron chi connectivity index (χ1n) is 9.92. The molecule has 8 heteroatoms. The van der Waals surface area contributed by atoms with Gasteiger partial charge in [0.1, 0.15) is 11.9 Å². The van der Waals surface area contributed by atoms with Gasteiger partial charge in [0.2, 0.25) is 0 Å². The number of ether oxygens (including phenoxy) is 1. The Bertz CT molecular complexity index is 1110. The molecule has 2 aromatic rings. The number of likely N-dealkylation sites (tertiary alicyclic amines) is 1. The number of benzene rings is 2. The number of nitrogens with zero attached hydrogens (tertiary/aromatic N) is 2. The Morgan fingerprint density at radius 1 is 1.27 bits per heavy atom. The second-order valence-corrected chi connectivity index (χ2v) is 10.5. The maximum atomic E-state index is 12.1. The van der Waals surface area contributed by atoms with Crippen molar-refractivity contribution in [3.05, 3.63) is 64.0 Å². The molecule has 0 saturated carbocycles. The largest absolute Gasteiger partial charge is 0.483 e. The van der Waals surface area contributed by atoms with E-state index in [0.29, 0.717) is 16.5 Å². The SMILES string of the molecule is [C-]#[N+]c1ccc(O[C@@H]2c3cc(S(C)(=O)=O)ccc3C[C@H]2N2CCC[C@@H](N)C2)c(Cl)c1. The first kappa shape index (κ1) is 21.1. The van der Waals surface area contributed by atoms with E-state index in [0.717, 1.165) is 43.5 Å². The number of nitrogens with two attached hydrogens (primary N) is 1. The number of rotatable bonds is 4. The van der Waals surface area contributed by atoms with Gasteiger partial charge in [-0.25, -0.2) is 13.3 Å². The fourth-order valence-corrected chi connectivity index (χ4v) is 5.27. The van der Waals surface area contributed by atoms with Crippen LogP contribution in [0.1, 0.15) is 30.1 Å². The highest BCUT2D eigenvalue weighted by atomic mass is 35.5. The predicted molar refractivity (Wildman–Crippen MR) is 117 cm³/mol. The lowest BCUT2D eigenvalue weighted by Gasteiger charge is -2.38. The molecule has 30 heavy (non-hydrogen) atoms. The molecule has 0 spiro atoms. The molecule has 0 aromatic heterocycles. The molecular formula is C22H24ClN3O3S. The van der Waals surface area contributed by atoms with Crippen molar-refractivity contribution in [1.82, 2.24) is 4.90 Å². The summed E-state index contributed by atoms with van der Waals surface area (Å²) in [5.74, 6) is 0.484. The van der Waals surface area contributed by atoms with Crippen LogP contribution in [0.25, 0.3) is 4.85 Å². The maximum Gasteiger partial charge on any atom is 0.188 e. The van der Waals surface area contributed by atoms with Crippen molar-refractivity contribution < 1.29 is 13.2 Å². The second kappa shape index (κ2) is 8.20. The third-order valence-corrected chi connectivity index (χ3v) is 7.29. The van der Waals surface area contributed by atoms with Crippen LogP contribution in [0, 0.1) is 6.57 Å². The molecule has 0 bridgehead atoms. The fourth-order valence-electron chi connectivity index (χ4n) is 4.39. The molecule has 1 fully saturated rings. The van der Waals surface area contributed by atoms with E-state index in [1.165, 1.54) is 6.26 Å². The smallest absolute Gasteiger partial charge is 0.188 e. The Balaban J connectivity index is 1.73. The summed E-state index contributed by atoms with van der Waals surface area (Å²) in [5.41, 5.74) is 8.61. The summed E-state index contributed by atoms with van der Waals surface area (Å²) in [7, 11) is -3.34. The zero-order valence-electron chi connectivity index (χ0n) is 16.7. The molecule has 1 saturated heterocycles. The number of sulfone groups is 1. The number of hydrogen-bond acceptors (Lipinski definition) is 5. The minimum atomic E-state index is -3.34. The lowest BCUT2D eigenvalue weighted by molar-refractivity contribution is 0.0593. The molecule has 2 N–H and O–H groups in total. The lowest BCUT2D eigenvalue weighted by atomic mass is 10.0. The molecule has 3 atom stereocenters. The van der Waals surface area contributed by atoms with Crippen molar-refractivity contribution in [3.8, 4) is 5.75 Å². The molecule has 1 aliphatic carbocycles. The van der Waals surface area contributed by atoms with Crippen LogP contribution < -0.4 is 10.5 Å². The van der Waals surface area contributed by atoms with E-state index < -0.39 is 9.84 Å². The predicted octanol–water partition coefficient (Wildman–Crippen LogP) is 3.76. The minimum Gasteiger partial charge on any atom is -0.483 e. The lowest BCUT2D eigenvalue weighted by Crippen LogP contribution is -2.49. The van der Waals surface area contributed by atoms with Crippen molar-refractivity contribution >= 4 is 27.1 Å². The van der Waals surface area contributed by atoms with Crippen molar-refractivity contribution in [2.45, 2.75) is 42.3 Å². The molecule has 2 aliphatic rings. The average molecular weight is 446 g/mol. The standard InChI is InChI=1S/C22H24ClN3O3S/c1-25-16-6-8-21(19(23)11-16)29-22-18-12-17(30(2,27)28)7-5-14(18)10-20(22)26-9-3-4-15(24)13-26/h5-8,11-12,15,20,22H,3-4,9-10,13,24H2,2H3/t15-,20-,22-/m1/s1. The van der Waals surface area contributed by atoms with Crippen LogP contribution in [0.5, 0.6) is 5.75 Å². The zero-order valence-corrected chi connectivity index (χ0v) is 18.3. The van der Waals surface area contributed by atoms with E-state index in [2.05, 4.69) is 9.74 Å². The van der Waals surface area contributed by atoms with Crippen LogP contribution in [0.15, 0.2) is 41.3 Å². The van der Waals surface area contributed by atoms with Gasteiger partial charge in [0.15, 0.2) is 15.5 Å². The third-order valence-electron chi connectivity index (χ3n) is 5.89. The first-order chi connectivity index (χ1) is 14.3. The van der Waals surface area contributed by atoms with Gasteiger partial charge in [-0.05, 0) is 61.2 Å². The molecule has 0 radical (unpaired) electrons. The molecular weight excluding hydrogens is 422 g/mol. The summed E-state index contributed by atoms with van der Waals surface area (Å²) in [4.78, 5) is 6.02. The van der Waals surface area contributed by atoms with Crippen LogP contribution in [-0.4, -0.2) is 44.7 Å². The highest BCUT2D eigenvalue weighted by Crippen LogP contribution is 2.42. The van der Waals surface area contributed by atoms with Gasteiger partial charge in [-0.2, -0.15) is 0 Å². The molecule has 6 nitrogen and oxygen atoms in total. The Kier molecular flexibility index (Phi) is 5.78. The molecule has 2 aromatic carbocycles. The summed E-state index contributed by atoms with van der Waals surface area (Å²) >= 11 is 6.38. The van der Waals surface area contributed by atoms with Gasteiger partial charge in [0.05, 0.1) is 22.5 Å². The Morgan fingerprint density at radius 2 is 2.07 bits per heavy atom. The van der Waals surface area contributed by atoms with Crippen molar-refractivity contribution in [2.75, 3.05) is 19.3 Å². The number of fused-ring (bicyclic) bond motifs is 1. The highest BCUT2D eigenvalue weighted by Gasteiger charge is 2.40. The van der Waals surface area contributed by atoms with E-state index in [1.807, 2.05) is 6.07 Å². The molecule has 1 aliphatic heterocycles. The molecule has 4 rings (SSSR count). The molecule has 0 amide bonds. The zero-order chi connectivity index (χ0) is 21.5. The number of halogens is 1. The van der Waals surface area contributed by atoms with Gasteiger partial charge >= 0.3 is 0 Å². The van der Waals surface area contributed by atoms with Gasteiger partial charge in [-0.3, -0.25) is 4.90 Å². The Morgan fingerprint density at radius 3 is 2.73 bits per heavy atom. The van der Waals surface area contributed by atoms with E-state index in [1.54, 1.807) is 30.3 Å². The van der Waals surface area contributed by atoms with Crippen LogP contribution in [0.4, 0.5) is 5.69 Å². The van der Waals surface area contributed by atoms with E-state index >= 15 is 0 Å². The van der Waals surface area contributed by atoms with Crippen LogP contribution in [0.2, 0.25) is 5.02 Å². The Hall–Kier alpha value is -2.11. The average Bonchev–Trinajstić information content (AvgIpc) is 3.06. The number of piperidine rings is 1. The maximum absolute atomic E-state index is 12.1. The quantitative estimate of drug-likeness (QED) is 0.725. The monoisotopic (exact) mass is 445 g/mol. The van der Waals surface area contributed by atoms with Crippen LogP contribution in [0.3, 0.4) is 0 Å². The van der Waals surface area contributed by atoms with Gasteiger partial charge in [-0.1, -0.05) is 23.7 Å². The van der Waals surface area contributed by atoms with Gasteiger partial charge in [0.25, 0.3) is 0 Å². The van der Waals surface area contributed by atoms with Crippen molar-refractivity contribution in [3.63, 3.8) is 0 Å². The Labute approximate surface area is 182 Å². The summed E-state index contributed by atoms with van der Waals surface area (Å²) in [6.45, 7) is 8.85. The second-order valence-electron chi connectivity index (χ2n) is 8.07. The van der Waals surface area contributed by atoms with Gasteiger partial charge in [-0.15, -0.1) is 0 Å². The molecule has 1 heterocycles. The van der Waals surface area contributed by atoms with E-state index in [4.69, 9.17) is 28.6 Å². The van der Waals surface area contributed by atoms with Gasteiger partial charge < -0.3 is 10.5 Å². The summed E-state index contributed by atoms with van der Waals surface area (Å²) in [5, 5.41) is 0.366. The summed E-state index contributed by atoms with van der Waals surface area (Å²) in [6.07, 6.45) is 3.62. The minimum absolute atomic E-state index is 0.0396. The highest BCUT2D eigenvalue weighted by molar-refractivity contribution is 7.90. The summed E-state index contributed by atoms with van der Waals surface area (Å²) in [6, 6.07) is 10.4. The third kappa shape index (κ3) is 4.19. The molecule has 158 valence electrons. The topological polar surface area (TPSA) is 77.0 Å². The van der Waals surface area contributed by atoms with E-state index in [9.17, 15) is 8.42 Å². The normalized spacial score (nSPS) is 24.3.